The lowest BCUT2D eigenvalue weighted by Crippen LogP contribution is -2.59. The monoisotopic (exact) mass is 785 g/mol. The van der Waals surface area contributed by atoms with E-state index in [0.29, 0.717) is 30.5 Å². The van der Waals surface area contributed by atoms with Crippen molar-refractivity contribution in [2.24, 2.45) is 11.8 Å². The van der Waals surface area contributed by atoms with E-state index in [1.807, 2.05) is 103 Å². The summed E-state index contributed by atoms with van der Waals surface area (Å²) in [4.78, 5) is 61.4. The van der Waals surface area contributed by atoms with E-state index in [4.69, 9.17) is 14.2 Å². The minimum absolute atomic E-state index is 0.0412. The number of aliphatic hydroxyl groups excluding tert-OH is 1. The standard InChI is InChI=1S/C47H51N3O8/c1-4-6-21-39(52)48-37(30-56-3)42(33-18-11-8-12-19-33)57-46(55)40-38-24-25-47(58-38)41(40)44(53)50(36(29-51)27-31-15-9-7-10-16-31)43(47)45(54)49(26-5-2)35-23-22-32-17-13-14-20-34(32)28-35/h4-5,7-20,22-23,28,36-38,40-43,51H,1-2,6,21,24-27,29-30H2,3H3,(H,48,52)/t36-,37+,38+,40-,41-,42+,43+,47-/m1/s1. The molecule has 3 heterocycles. The van der Waals surface area contributed by atoms with Crippen LogP contribution < -0.4 is 10.2 Å². The molecule has 0 aromatic heterocycles. The number of esters is 1. The summed E-state index contributed by atoms with van der Waals surface area (Å²) in [5, 5.41) is 15.9. The third kappa shape index (κ3) is 7.81. The first-order chi connectivity index (χ1) is 28.2. The topological polar surface area (TPSA) is 135 Å². The largest absolute Gasteiger partial charge is 0.455 e. The molecule has 8 atom stereocenters. The van der Waals surface area contributed by atoms with E-state index in [1.165, 1.54) is 12.0 Å². The molecular formula is C47H51N3O8. The molecule has 0 radical (unpaired) electrons. The summed E-state index contributed by atoms with van der Waals surface area (Å²) in [7, 11) is 1.50. The highest BCUT2D eigenvalue weighted by molar-refractivity contribution is 6.05. The molecule has 11 heteroatoms. The number of nitrogens with zero attached hydrogens (tertiary/aromatic N) is 2. The maximum atomic E-state index is 15.4. The van der Waals surface area contributed by atoms with E-state index in [-0.39, 0.29) is 31.9 Å². The molecule has 3 fully saturated rings. The Kier molecular flexibility index (Phi) is 12.5. The molecule has 0 aliphatic carbocycles. The van der Waals surface area contributed by atoms with Gasteiger partial charge >= 0.3 is 5.97 Å². The lowest BCUT2D eigenvalue weighted by Gasteiger charge is -2.39. The maximum absolute atomic E-state index is 15.4. The van der Waals surface area contributed by atoms with Crippen molar-refractivity contribution in [3.8, 4) is 0 Å². The van der Waals surface area contributed by atoms with Crippen molar-refractivity contribution in [1.82, 2.24) is 10.2 Å². The van der Waals surface area contributed by atoms with Gasteiger partial charge in [0, 0.05) is 25.8 Å². The predicted molar refractivity (Wildman–Crippen MR) is 220 cm³/mol. The Morgan fingerprint density at radius 1 is 0.983 bits per heavy atom. The Morgan fingerprint density at radius 3 is 2.38 bits per heavy atom. The normalized spacial score (nSPS) is 23.5. The number of hydrogen-bond acceptors (Lipinski definition) is 8. The quantitative estimate of drug-likeness (QED) is 0.0968. The molecule has 11 nitrogen and oxygen atoms in total. The number of nitrogens with one attached hydrogen (secondary N) is 1. The molecule has 3 saturated heterocycles. The van der Waals surface area contributed by atoms with Crippen LogP contribution in [0.2, 0.25) is 0 Å². The average Bonchev–Trinajstić information content (AvgIpc) is 3.90. The van der Waals surface area contributed by atoms with Crippen LogP contribution in [-0.2, 0) is 39.8 Å². The Morgan fingerprint density at radius 2 is 1.69 bits per heavy atom. The van der Waals surface area contributed by atoms with Gasteiger partial charge in [0.1, 0.15) is 17.7 Å². The van der Waals surface area contributed by atoms with Gasteiger partial charge in [-0.3, -0.25) is 19.2 Å². The number of fused-ring (bicyclic) bond motifs is 2. The fourth-order valence-electron chi connectivity index (χ4n) is 9.24. The van der Waals surface area contributed by atoms with Crippen molar-refractivity contribution >= 4 is 40.2 Å². The van der Waals surface area contributed by atoms with Crippen molar-refractivity contribution in [3.63, 3.8) is 0 Å². The SMILES string of the molecule is C=CCCC(=O)N[C@@H](COC)[C@@H](OC(=O)[C@@H]1[C@@H]2CC[C@]3(O2)[C@H](C(=O)N(CC=C)c2ccc4ccccc4c2)N([C@@H](CO)Cc2ccccc2)C(=O)[C@@H]13)c1ccccc1. The summed E-state index contributed by atoms with van der Waals surface area (Å²) in [6, 6.07) is 29.4. The zero-order valence-electron chi connectivity index (χ0n) is 32.8. The molecule has 1 spiro atoms. The van der Waals surface area contributed by atoms with Crippen molar-refractivity contribution < 1.29 is 38.5 Å². The molecule has 0 unspecified atom stereocenters. The lowest BCUT2D eigenvalue weighted by molar-refractivity contribution is -0.163. The number of carbonyl (C=O) groups is 4. The smallest absolute Gasteiger partial charge is 0.313 e. The van der Waals surface area contributed by atoms with Crippen molar-refractivity contribution in [1.29, 1.82) is 0 Å². The summed E-state index contributed by atoms with van der Waals surface area (Å²) in [5.41, 5.74) is 0.745. The highest BCUT2D eigenvalue weighted by atomic mass is 16.6. The molecule has 302 valence electrons. The molecule has 0 saturated carbocycles. The molecule has 4 aromatic rings. The van der Waals surface area contributed by atoms with Gasteiger partial charge < -0.3 is 34.4 Å². The first kappa shape index (κ1) is 40.6. The zero-order valence-corrected chi connectivity index (χ0v) is 32.8. The van der Waals surface area contributed by atoms with Gasteiger partial charge in [0.15, 0.2) is 0 Å². The maximum Gasteiger partial charge on any atom is 0.313 e. The van der Waals surface area contributed by atoms with Gasteiger partial charge in [-0.05, 0) is 59.7 Å². The number of rotatable bonds is 18. The van der Waals surface area contributed by atoms with Gasteiger partial charge in [0.25, 0.3) is 5.91 Å². The van der Waals surface area contributed by atoms with Gasteiger partial charge in [-0.1, -0.05) is 103 Å². The number of amides is 3. The summed E-state index contributed by atoms with van der Waals surface area (Å²) in [6.07, 6.45) is 3.32. The molecule has 4 aromatic carbocycles. The highest BCUT2D eigenvalue weighted by Crippen LogP contribution is 2.59. The first-order valence-corrected chi connectivity index (χ1v) is 19.9. The Hall–Kier alpha value is -5.62. The van der Waals surface area contributed by atoms with Crippen LogP contribution in [0.25, 0.3) is 10.8 Å². The van der Waals surface area contributed by atoms with E-state index in [9.17, 15) is 14.7 Å². The fraction of sp³-hybridized carbons (Fsp3) is 0.362. The van der Waals surface area contributed by atoms with E-state index in [1.54, 1.807) is 17.1 Å². The second-order valence-corrected chi connectivity index (χ2v) is 15.3. The van der Waals surface area contributed by atoms with Gasteiger partial charge in [-0.2, -0.15) is 0 Å². The van der Waals surface area contributed by atoms with E-state index in [0.717, 1.165) is 16.3 Å². The van der Waals surface area contributed by atoms with Gasteiger partial charge in [0.2, 0.25) is 11.8 Å². The highest BCUT2D eigenvalue weighted by Gasteiger charge is 2.76. The van der Waals surface area contributed by atoms with Crippen LogP contribution in [0.1, 0.15) is 42.9 Å². The summed E-state index contributed by atoms with van der Waals surface area (Å²) in [5.74, 6) is -3.90. The molecule has 2 bridgehead atoms. The lowest BCUT2D eigenvalue weighted by atomic mass is 9.70. The molecule has 3 aliphatic rings. The number of ether oxygens (including phenoxy) is 3. The van der Waals surface area contributed by atoms with Crippen LogP contribution in [-0.4, -0.2) is 90.4 Å². The number of aliphatic hydroxyl groups is 1. The zero-order chi connectivity index (χ0) is 40.8. The van der Waals surface area contributed by atoms with Crippen molar-refractivity contribution in [3.05, 3.63) is 140 Å². The number of likely N-dealkylation sites (tertiary alicyclic amines) is 1. The van der Waals surface area contributed by atoms with Crippen LogP contribution in [0.4, 0.5) is 5.69 Å². The number of carbonyl (C=O) groups excluding carboxylic acids is 4. The van der Waals surface area contributed by atoms with Crippen LogP contribution in [0, 0.1) is 11.8 Å². The minimum Gasteiger partial charge on any atom is -0.455 e. The van der Waals surface area contributed by atoms with Crippen molar-refractivity contribution in [2.45, 2.75) is 68.0 Å². The molecule has 7 rings (SSSR count). The number of methoxy groups -OCH3 is 1. The second-order valence-electron chi connectivity index (χ2n) is 15.3. The minimum atomic E-state index is -1.38. The average molecular weight is 786 g/mol. The van der Waals surface area contributed by atoms with E-state index < -0.39 is 72.2 Å². The molecule has 2 N–H and O–H groups in total. The number of anilines is 1. The molecular weight excluding hydrogens is 735 g/mol. The van der Waals surface area contributed by atoms with Crippen LogP contribution in [0.15, 0.2) is 128 Å². The van der Waals surface area contributed by atoms with E-state index in [2.05, 4.69) is 18.5 Å². The first-order valence-electron chi connectivity index (χ1n) is 19.9. The number of allylic oxidation sites excluding steroid dienone is 1. The Bertz CT molecular complexity index is 2130. The second kappa shape index (κ2) is 17.9. The third-order valence-electron chi connectivity index (χ3n) is 11.8. The van der Waals surface area contributed by atoms with Gasteiger partial charge in [0.05, 0.1) is 43.2 Å². The van der Waals surface area contributed by atoms with Gasteiger partial charge in [-0.15, -0.1) is 13.2 Å². The summed E-state index contributed by atoms with van der Waals surface area (Å²) in [6.45, 7) is 7.42. The Labute approximate surface area is 339 Å². The predicted octanol–water partition coefficient (Wildman–Crippen LogP) is 5.72. The molecule has 58 heavy (non-hydrogen) atoms. The summed E-state index contributed by atoms with van der Waals surface area (Å²) >= 11 is 0. The third-order valence-corrected chi connectivity index (χ3v) is 11.8. The summed E-state index contributed by atoms with van der Waals surface area (Å²) < 4.78 is 18.7. The van der Waals surface area contributed by atoms with Crippen molar-refractivity contribution in [2.75, 3.05) is 31.8 Å². The number of hydrogen-bond donors (Lipinski definition) is 2. The van der Waals surface area contributed by atoms with Crippen LogP contribution >= 0.6 is 0 Å². The van der Waals surface area contributed by atoms with Crippen LogP contribution in [0.5, 0.6) is 0 Å². The van der Waals surface area contributed by atoms with E-state index >= 15 is 9.59 Å². The molecule has 3 aliphatic heterocycles. The molecule has 3 amide bonds. The Balaban J connectivity index is 1.27. The fourth-order valence-corrected chi connectivity index (χ4v) is 9.24. The number of benzene rings is 4. The van der Waals surface area contributed by atoms with Crippen LogP contribution in [0.3, 0.4) is 0 Å². The van der Waals surface area contributed by atoms with Gasteiger partial charge in [-0.25, -0.2) is 0 Å².